The van der Waals surface area contributed by atoms with Crippen LogP contribution in [0, 0.1) is 6.92 Å². The Hall–Kier alpha value is -2.55. The Morgan fingerprint density at radius 3 is 2.86 bits per heavy atom. The van der Waals surface area contributed by atoms with Gasteiger partial charge in [0.25, 0.3) is 0 Å². The van der Waals surface area contributed by atoms with Crippen molar-refractivity contribution in [2.24, 2.45) is 0 Å². The van der Waals surface area contributed by atoms with Crippen molar-refractivity contribution in [2.75, 3.05) is 11.9 Å². The van der Waals surface area contributed by atoms with Crippen LogP contribution in [0.5, 0.6) is 0 Å². The summed E-state index contributed by atoms with van der Waals surface area (Å²) in [5.41, 5.74) is 2.31. The average Bonchev–Trinajstić information content (AvgIpc) is 2.85. The molecule has 0 saturated heterocycles. The zero-order valence-electron chi connectivity index (χ0n) is 12.2. The van der Waals surface area contributed by atoms with Gasteiger partial charge in [-0.25, -0.2) is 4.98 Å². The van der Waals surface area contributed by atoms with Crippen LogP contribution >= 0.6 is 0 Å². The Morgan fingerprint density at radius 1 is 1.19 bits per heavy atom. The summed E-state index contributed by atoms with van der Waals surface area (Å²) in [6, 6.07) is 14.9. The Bertz CT molecular complexity index is 766. The summed E-state index contributed by atoms with van der Waals surface area (Å²) in [6.07, 6.45) is 3.92. The van der Waals surface area contributed by atoms with Gasteiger partial charge in [0.15, 0.2) is 0 Å². The number of anilines is 1. The summed E-state index contributed by atoms with van der Waals surface area (Å²) in [6.45, 7) is 7.27. The maximum Gasteiger partial charge on any atom is 0.203 e. The number of benzene rings is 2. The number of hydrogen-bond donors (Lipinski definition) is 1. The SMILES string of the molecule is C=CCNc1nc(C)cn1Cc1cccc2ccccc12. The Balaban J connectivity index is 1.97. The predicted molar refractivity (Wildman–Crippen MR) is 88.7 cm³/mol. The Kier molecular flexibility index (Phi) is 3.73. The summed E-state index contributed by atoms with van der Waals surface area (Å²) in [4.78, 5) is 4.53. The first-order valence-corrected chi connectivity index (χ1v) is 7.13. The summed E-state index contributed by atoms with van der Waals surface area (Å²) >= 11 is 0. The van der Waals surface area contributed by atoms with E-state index in [1.165, 1.54) is 16.3 Å². The molecule has 0 aliphatic rings. The minimum absolute atomic E-state index is 0.714. The van der Waals surface area contributed by atoms with Gasteiger partial charge in [-0.15, -0.1) is 6.58 Å². The van der Waals surface area contributed by atoms with Gasteiger partial charge >= 0.3 is 0 Å². The van der Waals surface area contributed by atoms with Gasteiger partial charge < -0.3 is 9.88 Å². The second kappa shape index (κ2) is 5.83. The molecule has 3 aromatic rings. The maximum atomic E-state index is 4.53. The minimum atomic E-state index is 0.714. The molecule has 1 N–H and O–H groups in total. The van der Waals surface area contributed by atoms with Gasteiger partial charge in [-0.3, -0.25) is 0 Å². The highest BCUT2D eigenvalue weighted by Crippen LogP contribution is 2.21. The molecule has 1 aromatic heterocycles. The van der Waals surface area contributed by atoms with Crippen LogP contribution in [0.2, 0.25) is 0 Å². The summed E-state index contributed by atoms with van der Waals surface area (Å²) in [7, 11) is 0. The summed E-state index contributed by atoms with van der Waals surface area (Å²) < 4.78 is 2.15. The molecule has 0 atom stereocenters. The molecular weight excluding hydrogens is 258 g/mol. The number of nitrogens with one attached hydrogen (secondary N) is 1. The van der Waals surface area contributed by atoms with Gasteiger partial charge in [-0.1, -0.05) is 48.5 Å². The average molecular weight is 277 g/mol. The van der Waals surface area contributed by atoms with Crippen molar-refractivity contribution in [2.45, 2.75) is 13.5 Å². The standard InChI is InChI=1S/C18H19N3/c1-3-11-19-18-20-14(2)12-21(18)13-16-9-6-8-15-7-4-5-10-17(15)16/h3-10,12H,1,11,13H2,2H3,(H,19,20). The fraction of sp³-hybridized carbons (Fsp3) is 0.167. The fourth-order valence-electron chi connectivity index (χ4n) is 2.59. The smallest absolute Gasteiger partial charge is 0.203 e. The van der Waals surface area contributed by atoms with E-state index in [2.05, 4.69) is 70.1 Å². The van der Waals surface area contributed by atoms with E-state index in [0.717, 1.165) is 18.2 Å². The van der Waals surface area contributed by atoms with Crippen LogP contribution in [0.4, 0.5) is 5.95 Å². The summed E-state index contributed by atoms with van der Waals surface area (Å²) in [5, 5.41) is 5.85. The van der Waals surface area contributed by atoms with E-state index in [0.29, 0.717) is 6.54 Å². The first kappa shape index (κ1) is 13.4. The van der Waals surface area contributed by atoms with E-state index in [1.807, 2.05) is 13.0 Å². The lowest BCUT2D eigenvalue weighted by Gasteiger charge is -2.11. The zero-order chi connectivity index (χ0) is 14.7. The number of rotatable bonds is 5. The molecule has 0 unspecified atom stereocenters. The molecule has 3 heteroatoms. The zero-order valence-corrected chi connectivity index (χ0v) is 12.2. The predicted octanol–water partition coefficient (Wildman–Crippen LogP) is 3.99. The lowest BCUT2D eigenvalue weighted by Crippen LogP contribution is -2.08. The van der Waals surface area contributed by atoms with Crippen molar-refractivity contribution >= 4 is 16.7 Å². The third-order valence-electron chi connectivity index (χ3n) is 3.52. The number of imidazole rings is 1. The van der Waals surface area contributed by atoms with Crippen molar-refractivity contribution in [3.05, 3.63) is 72.6 Å². The van der Waals surface area contributed by atoms with Gasteiger partial charge in [-0.05, 0) is 23.3 Å². The molecule has 106 valence electrons. The van der Waals surface area contributed by atoms with Crippen molar-refractivity contribution in [1.82, 2.24) is 9.55 Å². The minimum Gasteiger partial charge on any atom is -0.352 e. The van der Waals surface area contributed by atoms with Gasteiger partial charge in [-0.2, -0.15) is 0 Å². The molecule has 0 aliphatic heterocycles. The molecule has 0 aliphatic carbocycles. The van der Waals surface area contributed by atoms with E-state index in [4.69, 9.17) is 0 Å². The summed E-state index contributed by atoms with van der Waals surface area (Å²) in [5.74, 6) is 0.889. The Morgan fingerprint density at radius 2 is 2.00 bits per heavy atom. The van der Waals surface area contributed by atoms with Crippen molar-refractivity contribution in [3.63, 3.8) is 0 Å². The van der Waals surface area contributed by atoms with Gasteiger partial charge in [0.1, 0.15) is 0 Å². The molecule has 3 rings (SSSR count). The third kappa shape index (κ3) is 2.82. The topological polar surface area (TPSA) is 29.9 Å². The molecule has 0 radical (unpaired) electrons. The van der Waals surface area contributed by atoms with Crippen LogP contribution < -0.4 is 5.32 Å². The quantitative estimate of drug-likeness (QED) is 0.715. The fourth-order valence-corrected chi connectivity index (χ4v) is 2.59. The van der Waals surface area contributed by atoms with Crippen LogP contribution in [0.1, 0.15) is 11.3 Å². The molecule has 3 nitrogen and oxygen atoms in total. The van der Waals surface area contributed by atoms with Crippen LogP contribution in [-0.2, 0) is 6.54 Å². The van der Waals surface area contributed by atoms with Gasteiger partial charge in [0, 0.05) is 12.7 Å². The molecule has 0 spiro atoms. The number of nitrogens with zero attached hydrogens (tertiary/aromatic N) is 2. The van der Waals surface area contributed by atoms with Crippen molar-refractivity contribution < 1.29 is 0 Å². The Labute approximate surface area is 124 Å². The van der Waals surface area contributed by atoms with E-state index in [1.54, 1.807) is 0 Å². The van der Waals surface area contributed by atoms with E-state index in [9.17, 15) is 0 Å². The number of fused-ring (bicyclic) bond motifs is 1. The molecule has 0 saturated carbocycles. The highest BCUT2D eigenvalue weighted by Gasteiger charge is 2.07. The second-order valence-electron chi connectivity index (χ2n) is 5.14. The molecule has 21 heavy (non-hydrogen) atoms. The van der Waals surface area contributed by atoms with E-state index in [-0.39, 0.29) is 0 Å². The van der Waals surface area contributed by atoms with Crippen LogP contribution in [-0.4, -0.2) is 16.1 Å². The van der Waals surface area contributed by atoms with Gasteiger partial charge in [0.2, 0.25) is 5.95 Å². The highest BCUT2D eigenvalue weighted by molar-refractivity contribution is 5.85. The first-order valence-electron chi connectivity index (χ1n) is 7.13. The van der Waals surface area contributed by atoms with Crippen molar-refractivity contribution in [1.29, 1.82) is 0 Å². The molecule has 0 amide bonds. The number of aromatic nitrogens is 2. The van der Waals surface area contributed by atoms with Crippen LogP contribution in [0.3, 0.4) is 0 Å². The van der Waals surface area contributed by atoms with Crippen LogP contribution in [0.25, 0.3) is 10.8 Å². The number of hydrogen-bond acceptors (Lipinski definition) is 2. The second-order valence-corrected chi connectivity index (χ2v) is 5.14. The maximum absolute atomic E-state index is 4.53. The number of aryl methyl sites for hydroxylation is 1. The molecule has 1 heterocycles. The normalized spacial score (nSPS) is 10.7. The largest absolute Gasteiger partial charge is 0.352 e. The molecule has 0 bridgehead atoms. The third-order valence-corrected chi connectivity index (χ3v) is 3.52. The van der Waals surface area contributed by atoms with Crippen LogP contribution in [0.15, 0.2) is 61.3 Å². The lowest BCUT2D eigenvalue weighted by molar-refractivity contribution is 0.807. The van der Waals surface area contributed by atoms with E-state index < -0.39 is 0 Å². The highest BCUT2D eigenvalue weighted by atomic mass is 15.2. The van der Waals surface area contributed by atoms with E-state index >= 15 is 0 Å². The monoisotopic (exact) mass is 277 g/mol. The molecule has 2 aromatic carbocycles. The molecular formula is C18H19N3. The lowest BCUT2D eigenvalue weighted by atomic mass is 10.0. The first-order chi connectivity index (χ1) is 10.3. The molecule has 0 fully saturated rings. The van der Waals surface area contributed by atoms with Gasteiger partial charge in [0.05, 0.1) is 12.2 Å². The van der Waals surface area contributed by atoms with Crippen molar-refractivity contribution in [3.8, 4) is 0 Å².